The maximum atomic E-state index is 11.8. The van der Waals surface area contributed by atoms with Crippen molar-refractivity contribution < 1.29 is 69.0 Å². The lowest BCUT2D eigenvalue weighted by Gasteiger charge is -2.47. The zero-order chi connectivity index (χ0) is 84.4. The Hall–Kier alpha value is -8.26. The molecule has 4 unspecified atom stereocenters. The molecule has 5 aromatic carbocycles. The number of hydrogen-bond acceptors (Lipinski definition) is 12. The van der Waals surface area contributed by atoms with Gasteiger partial charge in [-0.25, -0.2) is 9.59 Å². The van der Waals surface area contributed by atoms with Gasteiger partial charge in [0.15, 0.2) is 0 Å². The quantitative estimate of drug-likeness (QED) is 0.0431. The second-order valence-corrected chi connectivity index (χ2v) is 38.5. The summed E-state index contributed by atoms with van der Waals surface area (Å²) >= 11 is 0. The molecule has 0 saturated heterocycles. The summed E-state index contributed by atoms with van der Waals surface area (Å²) in [6.45, 7) is 43.0. The van der Waals surface area contributed by atoms with Crippen LogP contribution in [0.5, 0.6) is 57.5 Å². The van der Waals surface area contributed by atoms with Crippen molar-refractivity contribution in [2.24, 2.45) is 29.6 Å². The molecule has 7 N–H and O–H groups in total. The number of carboxylic acid groups (broad SMARTS) is 2. The van der Waals surface area contributed by atoms with Crippen LogP contribution in [0, 0.1) is 29.6 Å². The number of ether oxygens (including phenoxy) is 5. The highest BCUT2D eigenvalue weighted by molar-refractivity contribution is 5.95. The van der Waals surface area contributed by atoms with Gasteiger partial charge in [0.2, 0.25) is 0 Å². The minimum atomic E-state index is -1.07. The lowest BCUT2D eigenvalue weighted by Crippen LogP contribution is -2.45. The van der Waals surface area contributed by atoms with E-state index in [2.05, 4.69) is 187 Å². The van der Waals surface area contributed by atoms with Gasteiger partial charge < -0.3 is 59.4 Å². The molecular weight excluding hydrogens is 1450 g/mol. The van der Waals surface area contributed by atoms with E-state index in [0.29, 0.717) is 87.5 Å². The first-order chi connectivity index (χ1) is 54.8. The number of phenolic OH excluding ortho intramolecular Hbond substituents is 3. The highest BCUT2D eigenvalue weighted by Gasteiger charge is 2.51. The Morgan fingerprint density at radius 1 is 0.353 bits per heavy atom. The summed E-state index contributed by atoms with van der Waals surface area (Å²) in [6.07, 6.45) is 37.0. The van der Waals surface area contributed by atoms with E-state index in [4.69, 9.17) is 23.7 Å². The monoisotopic (exact) mass is 1590 g/mol. The molecule has 0 fully saturated rings. The Labute approximate surface area is 694 Å². The first-order valence-electron chi connectivity index (χ1n) is 44.4. The maximum absolute atomic E-state index is 11.8. The molecule has 15 rings (SSSR count). The van der Waals surface area contributed by atoms with Crippen molar-refractivity contribution in [1.82, 2.24) is 0 Å². The van der Waals surface area contributed by atoms with Crippen LogP contribution in [0.2, 0.25) is 0 Å². The number of phenols is 5. The summed E-state index contributed by atoms with van der Waals surface area (Å²) in [4.78, 5) is 23.7. The number of aromatic carboxylic acids is 2. The largest absolute Gasteiger partial charge is 0.508 e. The number of aryl methyl sites for hydroxylation is 5. The fourth-order valence-corrected chi connectivity index (χ4v) is 21.2. The SMILES string of the molecule is CCCCc1cc(O)c2c(c1)OC(C)(C)C1CCC(C)=CC21.CCCCc1cc(O)c2c(c1)OC(C)(C)[C@@H]1CC=C(C)C[C@@H]21.CCCCc1cc(O)c2c(c1)OC(C)(C)[C@@H]1CCC(C)=C[C@@H]21.CCCCc1cc2c(c(O)c1C(=O)O)C1C=C(C)CCC1C(C)(C)O2.CCCCc1cc2c(c(O)c1C(=O)O)[C@@H]1C=C(C)CC[C@H]1C(C)(C)O2. The van der Waals surface area contributed by atoms with E-state index in [1.807, 2.05) is 30.3 Å². The third kappa shape index (κ3) is 18.9. The Morgan fingerprint density at radius 2 is 0.621 bits per heavy atom. The fraction of sp³-hybridized carbons (Fsp3) is 0.588. The number of carboxylic acids is 2. The number of allylic oxidation sites excluding steroid dienone is 10. The van der Waals surface area contributed by atoms with E-state index < -0.39 is 11.9 Å². The molecular formula is C102H140O14. The van der Waals surface area contributed by atoms with Gasteiger partial charge in [-0.3, -0.25) is 0 Å². The normalized spacial score (nSPS) is 24.9. The smallest absolute Gasteiger partial charge is 0.339 e. The van der Waals surface area contributed by atoms with Crippen molar-refractivity contribution in [3.63, 3.8) is 0 Å². The molecule has 5 aliphatic heterocycles. The van der Waals surface area contributed by atoms with Gasteiger partial charge in [-0.15, -0.1) is 0 Å². The van der Waals surface area contributed by atoms with Gasteiger partial charge in [-0.1, -0.05) is 125 Å². The lowest BCUT2D eigenvalue weighted by molar-refractivity contribution is 0.00740. The summed E-state index contributed by atoms with van der Waals surface area (Å²) in [5.74, 6) is 5.66. The predicted octanol–water partition coefficient (Wildman–Crippen LogP) is 26.1. The van der Waals surface area contributed by atoms with Crippen LogP contribution < -0.4 is 23.7 Å². The summed E-state index contributed by atoms with van der Waals surface area (Å²) < 4.78 is 31.6. The minimum absolute atomic E-state index is 0.00539. The number of fused-ring (bicyclic) bond motifs is 15. The molecule has 5 aromatic rings. The first kappa shape index (κ1) is 88.5. The molecule has 0 aromatic heterocycles. The standard InChI is InChI=1S/2C21H28O4.3C20H28O2/c2*1-5-6-7-13-11-16-18(19(22)17(13)20(23)24)14-10-12(2)8-9-15(14)21(3,4)25-16;3*1-5-6-7-14-11-17(21)19-15-10-13(2)8-9-16(15)20(3,4)22-18(19)12-14/h2*10-11,14-15,22H,5-9H2,1-4H3,(H,23,24);2*10-12,15-16,21H,5-9H2,1-4H3;8,11-12,15-16,21H,5-7,9-10H2,1-4H3/t14-,15-;;15-,16-;;15-,16-/m1.1.1/s1. The van der Waals surface area contributed by atoms with Crippen molar-refractivity contribution in [2.45, 2.75) is 357 Å². The van der Waals surface area contributed by atoms with Gasteiger partial charge in [0.1, 0.15) is 96.6 Å². The molecule has 10 atom stereocenters. The molecule has 0 amide bonds. The molecule has 5 heterocycles. The summed E-state index contributed by atoms with van der Waals surface area (Å²) in [5.41, 5.74) is 15.0. The molecule has 632 valence electrons. The van der Waals surface area contributed by atoms with Crippen LogP contribution in [0.15, 0.2) is 107 Å². The van der Waals surface area contributed by atoms with Gasteiger partial charge in [-0.05, 0) is 309 Å². The summed E-state index contributed by atoms with van der Waals surface area (Å²) in [5, 5.41) is 73.0. The van der Waals surface area contributed by atoms with Gasteiger partial charge in [0, 0.05) is 87.0 Å². The van der Waals surface area contributed by atoms with Crippen molar-refractivity contribution in [3.8, 4) is 57.5 Å². The third-order valence-corrected chi connectivity index (χ3v) is 27.6. The van der Waals surface area contributed by atoms with Crippen LogP contribution in [-0.2, 0) is 32.1 Å². The van der Waals surface area contributed by atoms with E-state index in [1.165, 1.54) is 51.0 Å². The summed E-state index contributed by atoms with van der Waals surface area (Å²) in [7, 11) is 0. The highest BCUT2D eigenvalue weighted by Crippen LogP contribution is 2.60. The minimum Gasteiger partial charge on any atom is -0.508 e. The maximum Gasteiger partial charge on any atom is 0.339 e. The van der Waals surface area contributed by atoms with Crippen LogP contribution >= 0.6 is 0 Å². The lowest BCUT2D eigenvalue weighted by atomic mass is 9.67. The first-order valence-corrected chi connectivity index (χ1v) is 44.4. The van der Waals surface area contributed by atoms with Crippen molar-refractivity contribution in [1.29, 1.82) is 0 Å². The number of hydrogen-bond donors (Lipinski definition) is 7. The van der Waals surface area contributed by atoms with Crippen molar-refractivity contribution in [3.05, 3.63) is 174 Å². The topological polar surface area (TPSA) is 222 Å². The number of carbonyl (C=O) groups is 2. The third-order valence-electron chi connectivity index (χ3n) is 27.6. The van der Waals surface area contributed by atoms with Crippen LogP contribution in [-0.4, -0.2) is 75.7 Å². The molecule has 0 radical (unpaired) electrons. The Balaban J connectivity index is 0.000000143. The van der Waals surface area contributed by atoms with E-state index >= 15 is 0 Å². The predicted molar refractivity (Wildman–Crippen MR) is 467 cm³/mol. The molecule has 0 saturated carbocycles. The highest BCUT2D eigenvalue weighted by atomic mass is 16.5. The number of benzene rings is 5. The van der Waals surface area contributed by atoms with E-state index in [1.54, 1.807) is 0 Å². The van der Waals surface area contributed by atoms with Crippen molar-refractivity contribution >= 4 is 11.9 Å². The second kappa shape index (κ2) is 36.1. The second-order valence-electron chi connectivity index (χ2n) is 38.5. The number of aromatic hydroxyl groups is 5. The van der Waals surface area contributed by atoms with E-state index in [0.717, 1.165) is 175 Å². The fourth-order valence-electron chi connectivity index (χ4n) is 21.2. The zero-order valence-electron chi connectivity index (χ0n) is 73.9. The Bertz CT molecular complexity index is 4340. The molecule has 0 bridgehead atoms. The molecule has 0 spiro atoms. The van der Waals surface area contributed by atoms with Gasteiger partial charge >= 0.3 is 11.9 Å². The van der Waals surface area contributed by atoms with Gasteiger partial charge in [0.05, 0.1) is 0 Å². The molecule has 116 heavy (non-hydrogen) atoms. The number of rotatable bonds is 17. The van der Waals surface area contributed by atoms with Crippen LogP contribution in [0.3, 0.4) is 0 Å². The number of unbranched alkanes of at least 4 members (excludes halogenated alkanes) is 5. The average Bonchev–Trinajstić information content (AvgIpc) is 0.697. The average molecular weight is 1590 g/mol. The zero-order valence-corrected chi connectivity index (χ0v) is 73.9. The van der Waals surface area contributed by atoms with Gasteiger partial charge in [0.25, 0.3) is 0 Å². The van der Waals surface area contributed by atoms with Crippen LogP contribution in [0.4, 0.5) is 0 Å². The van der Waals surface area contributed by atoms with E-state index in [9.17, 15) is 45.3 Å². The van der Waals surface area contributed by atoms with E-state index in [-0.39, 0.29) is 86.1 Å². The van der Waals surface area contributed by atoms with Crippen LogP contribution in [0.25, 0.3) is 0 Å². The Kier molecular flexibility index (Phi) is 27.6. The molecule has 14 heteroatoms. The molecule has 5 aliphatic carbocycles. The van der Waals surface area contributed by atoms with Crippen molar-refractivity contribution in [2.75, 3.05) is 0 Å². The molecule has 14 nitrogen and oxygen atoms in total. The van der Waals surface area contributed by atoms with Crippen LogP contribution in [0.1, 0.15) is 373 Å². The molecule has 10 aliphatic rings. The Morgan fingerprint density at radius 3 is 0.922 bits per heavy atom. The summed E-state index contributed by atoms with van der Waals surface area (Å²) in [6, 6.07) is 16.0. The van der Waals surface area contributed by atoms with Gasteiger partial charge in [-0.2, -0.15) is 0 Å².